The van der Waals surface area contributed by atoms with Gasteiger partial charge in [0, 0.05) is 36.6 Å². The van der Waals surface area contributed by atoms with E-state index in [2.05, 4.69) is 17.4 Å². The molecule has 1 aliphatic carbocycles. The minimum atomic E-state index is 0.249. The average molecular weight is 388 g/mol. The van der Waals surface area contributed by atoms with Gasteiger partial charge in [0.25, 0.3) is 0 Å². The minimum absolute atomic E-state index is 0.249. The van der Waals surface area contributed by atoms with Crippen LogP contribution in [-0.2, 0) is 0 Å². The molecule has 1 aromatic heterocycles. The van der Waals surface area contributed by atoms with Crippen LogP contribution >= 0.6 is 0 Å². The van der Waals surface area contributed by atoms with Crippen LogP contribution in [0.4, 0.5) is 0 Å². The van der Waals surface area contributed by atoms with Gasteiger partial charge in [-0.05, 0) is 32.2 Å². The molecule has 1 saturated carbocycles. The summed E-state index contributed by atoms with van der Waals surface area (Å²) in [4.78, 5) is 10.3. The zero-order valence-corrected chi connectivity index (χ0v) is 17.3. The molecule has 0 radical (unpaired) electrons. The molecule has 2 aromatic rings. The fourth-order valence-electron chi connectivity index (χ4n) is 2.71. The Morgan fingerprint density at radius 2 is 2.00 bits per heavy atom. The number of nitrogens with one attached hydrogen (secondary N) is 1. The third-order valence-corrected chi connectivity index (χ3v) is 4.50. The van der Waals surface area contributed by atoms with Crippen LogP contribution in [0, 0.1) is 5.92 Å². The van der Waals surface area contributed by atoms with Crippen molar-refractivity contribution >= 4 is 6.29 Å². The van der Waals surface area contributed by atoms with Crippen LogP contribution in [0.2, 0.25) is 0 Å². The molecular weight excluding hydrogens is 354 g/mol. The molecule has 0 aliphatic heterocycles. The average Bonchev–Trinajstić information content (AvgIpc) is 3.17. The Kier molecular flexibility index (Phi) is 10.6. The lowest BCUT2D eigenvalue weighted by Crippen LogP contribution is -2.37. The van der Waals surface area contributed by atoms with Crippen molar-refractivity contribution in [3.63, 3.8) is 0 Å². The van der Waals surface area contributed by atoms with Crippen molar-refractivity contribution in [1.82, 2.24) is 15.5 Å². The van der Waals surface area contributed by atoms with E-state index in [0.717, 1.165) is 29.6 Å². The second-order valence-corrected chi connectivity index (χ2v) is 6.78. The van der Waals surface area contributed by atoms with Gasteiger partial charge in [0.2, 0.25) is 0 Å². The summed E-state index contributed by atoms with van der Waals surface area (Å²) >= 11 is 0. The molecule has 0 atom stereocenters. The third-order valence-electron chi connectivity index (χ3n) is 4.50. The van der Waals surface area contributed by atoms with Gasteiger partial charge in [0.05, 0.1) is 0 Å². The van der Waals surface area contributed by atoms with Gasteiger partial charge in [0.15, 0.2) is 12.0 Å². The van der Waals surface area contributed by atoms with Crippen molar-refractivity contribution in [3.8, 4) is 11.3 Å². The molecule has 1 fully saturated rings. The molecule has 7 nitrogen and oxygen atoms in total. The standard InChI is InChI=1S/C10H7NO2.C6H13N.C5H13N3/c12-7-9-6-10(11-13-9)8-4-2-1-3-5-8;1-5-3-6(4-5)7-2;1-3-5(4-6)8(2)7/h1-7H;5-7H,3-4H2,1-2H3;4H,3,6-7H2,1-2H3/b;;5-4-. The van der Waals surface area contributed by atoms with Crippen molar-refractivity contribution in [1.29, 1.82) is 0 Å². The molecule has 154 valence electrons. The highest BCUT2D eigenvalue weighted by Crippen LogP contribution is 2.25. The summed E-state index contributed by atoms with van der Waals surface area (Å²) in [6.07, 6.45) is 5.80. The number of carbonyl (C=O) groups excluding carboxylic acids is 1. The topological polar surface area (TPSA) is 110 Å². The lowest BCUT2D eigenvalue weighted by Gasteiger charge is -2.31. The Labute approximate surface area is 167 Å². The molecule has 0 bridgehead atoms. The van der Waals surface area contributed by atoms with Crippen molar-refractivity contribution in [2.24, 2.45) is 17.5 Å². The van der Waals surface area contributed by atoms with Crippen LogP contribution in [0.25, 0.3) is 11.3 Å². The Morgan fingerprint density at radius 1 is 1.36 bits per heavy atom. The molecule has 1 aliphatic rings. The van der Waals surface area contributed by atoms with Gasteiger partial charge >= 0.3 is 0 Å². The summed E-state index contributed by atoms with van der Waals surface area (Å²) in [5, 5.41) is 8.50. The fourth-order valence-corrected chi connectivity index (χ4v) is 2.71. The van der Waals surface area contributed by atoms with E-state index in [-0.39, 0.29) is 5.76 Å². The van der Waals surface area contributed by atoms with Gasteiger partial charge in [-0.3, -0.25) is 4.79 Å². The monoisotopic (exact) mass is 387 g/mol. The van der Waals surface area contributed by atoms with E-state index in [0.29, 0.717) is 12.0 Å². The number of aromatic nitrogens is 1. The zero-order chi connectivity index (χ0) is 20.9. The quantitative estimate of drug-likeness (QED) is 0.410. The Bertz CT molecular complexity index is 707. The second-order valence-electron chi connectivity index (χ2n) is 6.78. The SMILES string of the molecule is CC/C(=C/N)N(C)N.CNC1CC(C)C1.O=Cc1cc(-c2ccccc2)no1. The minimum Gasteiger partial charge on any atom is -0.403 e. The lowest BCUT2D eigenvalue weighted by atomic mass is 9.82. The molecule has 0 amide bonds. The van der Waals surface area contributed by atoms with Crippen LogP contribution in [0.1, 0.15) is 43.7 Å². The van der Waals surface area contributed by atoms with Crippen LogP contribution in [0.5, 0.6) is 0 Å². The number of carbonyl (C=O) groups is 1. The van der Waals surface area contributed by atoms with Gasteiger partial charge < -0.3 is 20.6 Å². The number of allylic oxidation sites excluding steroid dienone is 1. The predicted molar refractivity (Wildman–Crippen MR) is 113 cm³/mol. The Hall–Kier alpha value is -2.64. The molecule has 0 saturated heterocycles. The van der Waals surface area contributed by atoms with Crippen LogP contribution in [-0.4, -0.2) is 36.6 Å². The summed E-state index contributed by atoms with van der Waals surface area (Å²) in [7, 11) is 3.80. The molecule has 1 heterocycles. The smallest absolute Gasteiger partial charge is 0.199 e. The Morgan fingerprint density at radius 3 is 2.32 bits per heavy atom. The van der Waals surface area contributed by atoms with E-state index in [1.807, 2.05) is 44.3 Å². The van der Waals surface area contributed by atoms with Crippen molar-refractivity contribution in [2.45, 2.75) is 39.2 Å². The summed E-state index contributed by atoms with van der Waals surface area (Å²) in [5.41, 5.74) is 7.78. The van der Waals surface area contributed by atoms with Gasteiger partial charge in [-0.2, -0.15) is 0 Å². The molecule has 28 heavy (non-hydrogen) atoms. The number of hydrogen-bond donors (Lipinski definition) is 3. The zero-order valence-electron chi connectivity index (χ0n) is 17.3. The summed E-state index contributed by atoms with van der Waals surface area (Å²) in [6.45, 7) is 4.30. The number of benzene rings is 1. The molecule has 5 N–H and O–H groups in total. The summed E-state index contributed by atoms with van der Waals surface area (Å²) < 4.78 is 4.75. The normalized spacial score (nSPS) is 18.0. The van der Waals surface area contributed by atoms with Crippen molar-refractivity contribution in [2.75, 3.05) is 14.1 Å². The van der Waals surface area contributed by atoms with E-state index in [9.17, 15) is 4.79 Å². The number of hydrogen-bond acceptors (Lipinski definition) is 7. The predicted octanol–water partition coefficient (Wildman–Crippen LogP) is 3.16. The number of aldehydes is 1. The van der Waals surface area contributed by atoms with Gasteiger partial charge in [-0.1, -0.05) is 49.3 Å². The van der Waals surface area contributed by atoms with Crippen LogP contribution in [0.15, 0.2) is 52.8 Å². The van der Waals surface area contributed by atoms with Crippen molar-refractivity contribution in [3.05, 3.63) is 54.1 Å². The fraction of sp³-hybridized carbons (Fsp3) is 0.429. The maximum Gasteiger partial charge on any atom is 0.199 e. The van der Waals surface area contributed by atoms with E-state index >= 15 is 0 Å². The first-order valence-corrected chi connectivity index (χ1v) is 9.48. The maximum atomic E-state index is 10.3. The molecule has 0 unspecified atom stereocenters. The van der Waals surface area contributed by atoms with E-state index in [1.165, 1.54) is 24.1 Å². The van der Waals surface area contributed by atoms with Crippen molar-refractivity contribution < 1.29 is 9.32 Å². The lowest BCUT2D eigenvalue weighted by molar-refractivity contribution is 0.109. The van der Waals surface area contributed by atoms with Gasteiger partial charge in [-0.25, -0.2) is 5.84 Å². The first-order chi connectivity index (χ1) is 13.4. The number of nitrogens with two attached hydrogens (primary N) is 2. The van der Waals surface area contributed by atoms with Gasteiger partial charge in [0.1, 0.15) is 5.69 Å². The first-order valence-electron chi connectivity index (χ1n) is 9.48. The largest absolute Gasteiger partial charge is 0.403 e. The Balaban J connectivity index is 0.000000226. The molecule has 0 spiro atoms. The van der Waals surface area contributed by atoms with Gasteiger partial charge in [-0.15, -0.1) is 0 Å². The number of nitrogens with zero attached hydrogens (tertiary/aromatic N) is 2. The highest BCUT2D eigenvalue weighted by Gasteiger charge is 2.22. The summed E-state index contributed by atoms with van der Waals surface area (Å²) in [6, 6.07) is 12.0. The van der Waals surface area contributed by atoms with E-state index < -0.39 is 0 Å². The first kappa shape index (κ1) is 23.4. The van der Waals surface area contributed by atoms with E-state index in [4.69, 9.17) is 16.1 Å². The maximum absolute atomic E-state index is 10.3. The molecular formula is C21H33N5O2. The molecule has 3 rings (SSSR count). The van der Waals surface area contributed by atoms with Crippen LogP contribution < -0.4 is 16.9 Å². The molecule has 1 aromatic carbocycles. The van der Waals surface area contributed by atoms with E-state index in [1.54, 1.807) is 13.1 Å². The highest BCUT2D eigenvalue weighted by atomic mass is 16.5. The third kappa shape index (κ3) is 7.94. The number of hydrazine groups is 1. The number of rotatable bonds is 5. The van der Waals surface area contributed by atoms with Crippen LogP contribution in [0.3, 0.4) is 0 Å². The summed E-state index contributed by atoms with van der Waals surface area (Å²) in [5.74, 6) is 6.58. The highest BCUT2D eigenvalue weighted by molar-refractivity contribution is 5.73. The molecule has 7 heteroatoms. The second kappa shape index (κ2) is 12.7.